The number of fused-ring (bicyclic) bond motifs is 1. The Labute approximate surface area is 236 Å². The molecule has 1 fully saturated rings. The van der Waals surface area contributed by atoms with Crippen molar-refractivity contribution < 1.29 is 26.8 Å². The highest BCUT2D eigenvalue weighted by molar-refractivity contribution is 7.90. The van der Waals surface area contributed by atoms with Crippen LogP contribution in [0.1, 0.15) is 24.2 Å². The summed E-state index contributed by atoms with van der Waals surface area (Å²) in [6, 6.07) is 11.4. The predicted octanol–water partition coefficient (Wildman–Crippen LogP) is 3.82. The normalized spacial score (nSPS) is 16.1. The van der Waals surface area contributed by atoms with Crippen molar-refractivity contribution in [3.63, 3.8) is 0 Å². The zero-order valence-corrected chi connectivity index (χ0v) is 23.5. The molecule has 11 nitrogen and oxygen atoms in total. The van der Waals surface area contributed by atoms with E-state index < -0.39 is 15.7 Å². The summed E-state index contributed by atoms with van der Waals surface area (Å²) in [5, 5.41) is 4.14. The van der Waals surface area contributed by atoms with Gasteiger partial charge in [-0.25, -0.2) is 22.8 Å². The number of aromatic nitrogens is 4. The standard InChI is InChI=1S/C28H29FN6O5S/c1-38-19-5-3-18(4-6-19)27-32-25(33-40-27)16-34-12-9-20(10-13-34)39-28-22-11-14-35(26(22)30-17-31-28)24-8-7-21(15-23(24)29)41(2,36)37/h3-8,15,17,20H,9-14,16H2,1-2H3. The van der Waals surface area contributed by atoms with Gasteiger partial charge in [0.1, 0.15) is 29.8 Å². The van der Waals surface area contributed by atoms with Crippen molar-refractivity contribution in [3.8, 4) is 23.1 Å². The minimum Gasteiger partial charge on any atom is -0.497 e. The van der Waals surface area contributed by atoms with E-state index in [1.54, 1.807) is 12.0 Å². The molecule has 0 amide bonds. The Hall–Kier alpha value is -4.10. The molecule has 214 valence electrons. The van der Waals surface area contributed by atoms with Crippen molar-refractivity contribution >= 4 is 21.3 Å². The number of rotatable bonds is 8. The fourth-order valence-electron chi connectivity index (χ4n) is 5.15. The lowest BCUT2D eigenvalue weighted by atomic mass is 10.1. The molecule has 4 aromatic rings. The summed E-state index contributed by atoms with van der Waals surface area (Å²) in [6.07, 6.45) is 4.64. The second-order valence-electron chi connectivity index (χ2n) is 10.1. The molecule has 0 atom stereocenters. The lowest BCUT2D eigenvalue weighted by molar-refractivity contribution is 0.0907. The van der Waals surface area contributed by atoms with E-state index in [9.17, 15) is 12.8 Å². The summed E-state index contributed by atoms with van der Waals surface area (Å²) in [5.41, 5.74) is 1.92. The van der Waals surface area contributed by atoms with Gasteiger partial charge in [0.2, 0.25) is 5.88 Å². The SMILES string of the molecule is COc1ccc(-c2nc(CN3CCC(Oc4ncnc5c4CCN5c4ccc(S(C)(=O)=O)cc4F)CC3)no2)cc1. The van der Waals surface area contributed by atoms with Crippen LogP contribution in [-0.2, 0) is 22.8 Å². The third-order valence-electron chi connectivity index (χ3n) is 7.35. The number of hydrogen-bond donors (Lipinski definition) is 0. The molecule has 2 aliphatic rings. The highest BCUT2D eigenvalue weighted by Gasteiger charge is 2.30. The fourth-order valence-corrected chi connectivity index (χ4v) is 5.79. The number of benzene rings is 2. The Morgan fingerprint density at radius 2 is 1.85 bits per heavy atom. The smallest absolute Gasteiger partial charge is 0.257 e. The van der Waals surface area contributed by atoms with Crippen LogP contribution < -0.4 is 14.4 Å². The van der Waals surface area contributed by atoms with E-state index in [1.165, 1.54) is 18.5 Å². The molecule has 41 heavy (non-hydrogen) atoms. The summed E-state index contributed by atoms with van der Waals surface area (Å²) >= 11 is 0. The fraction of sp³-hybridized carbons (Fsp3) is 0.357. The van der Waals surface area contributed by atoms with E-state index >= 15 is 0 Å². The molecule has 4 heterocycles. The summed E-state index contributed by atoms with van der Waals surface area (Å²) < 4.78 is 55.5. The lowest BCUT2D eigenvalue weighted by Crippen LogP contribution is -2.38. The van der Waals surface area contributed by atoms with Gasteiger partial charge in [-0.2, -0.15) is 4.98 Å². The highest BCUT2D eigenvalue weighted by Crippen LogP contribution is 2.38. The minimum atomic E-state index is -3.51. The number of methoxy groups -OCH3 is 1. The van der Waals surface area contributed by atoms with Gasteiger partial charge in [-0.1, -0.05) is 5.16 Å². The molecular weight excluding hydrogens is 551 g/mol. The molecule has 0 saturated carbocycles. The molecule has 0 radical (unpaired) electrons. The number of ether oxygens (including phenoxy) is 2. The number of likely N-dealkylation sites (tertiary alicyclic amines) is 1. The number of sulfone groups is 1. The van der Waals surface area contributed by atoms with Crippen LogP contribution in [0.3, 0.4) is 0 Å². The number of halogens is 1. The maximum atomic E-state index is 14.9. The van der Waals surface area contributed by atoms with E-state index in [0.717, 1.165) is 55.1 Å². The third kappa shape index (κ3) is 5.72. The zero-order chi connectivity index (χ0) is 28.6. The molecular formula is C28H29FN6O5S. The average Bonchev–Trinajstić information content (AvgIpc) is 3.62. The van der Waals surface area contributed by atoms with Crippen molar-refractivity contribution in [2.24, 2.45) is 0 Å². The molecule has 1 saturated heterocycles. The van der Waals surface area contributed by atoms with E-state index in [2.05, 4.69) is 25.0 Å². The highest BCUT2D eigenvalue weighted by atomic mass is 32.2. The van der Waals surface area contributed by atoms with Gasteiger partial charge in [-0.3, -0.25) is 4.90 Å². The van der Waals surface area contributed by atoms with Crippen LogP contribution in [0, 0.1) is 5.82 Å². The lowest BCUT2D eigenvalue weighted by Gasteiger charge is -2.31. The molecule has 0 unspecified atom stereocenters. The third-order valence-corrected chi connectivity index (χ3v) is 8.46. The Kier molecular flexibility index (Phi) is 7.30. The molecule has 0 N–H and O–H groups in total. The number of nitrogens with zero attached hydrogens (tertiary/aromatic N) is 6. The predicted molar refractivity (Wildman–Crippen MR) is 147 cm³/mol. The largest absolute Gasteiger partial charge is 0.497 e. The van der Waals surface area contributed by atoms with Crippen molar-refractivity contribution in [2.75, 3.05) is 37.9 Å². The topological polar surface area (TPSA) is 124 Å². The van der Waals surface area contributed by atoms with E-state index in [-0.39, 0.29) is 16.7 Å². The van der Waals surface area contributed by atoms with Crippen LogP contribution in [-0.4, -0.2) is 72.5 Å². The first-order chi connectivity index (χ1) is 19.8. The van der Waals surface area contributed by atoms with E-state index in [0.29, 0.717) is 42.9 Å². The number of anilines is 2. The van der Waals surface area contributed by atoms with Crippen LogP contribution in [0.15, 0.2) is 58.2 Å². The summed E-state index contributed by atoms with van der Waals surface area (Å²) in [7, 11) is -1.89. The second kappa shape index (κ2) is 11.1. The van der Waals surface area contributed by atoms with Crippen LogP contribution in [0.4, 0.5) is 15.9 Å². The van der Waals surface area contributed by atoms with Gasteiger partial charge in [0.15, 0.2) is 15.7 Å². The van der Waals surface area contributed by atoms with Crippen molar-refractivity contribution in [1.29, 1.82) is 0 Å². The van der Waals surface area contributed by atoms with Crippen molar-refractivity contribution in [2.45, 2.75) is 36.8 Å². The van der Waals surface area contributed by atoms with Gasteiger partial charge in [0.05, 0.1) is 29.8 Å². The summed E-state index contributed by atoms with van der Waals surface area (Å²) in [4.78, 5) is 17.2. The monoisotopic (exact) mass is 580 g/mol. The van der Waals surface area contributed by atoms with Gasteiger partial charge < -0.3 is 18.9 Å². The molecule has 2 aliphatic heterocycles. The van der Waals surface area contributed by atoms with Crippen LogP contribution >= 0.6 is 0 Å². The summed E-state index contributed by atoms with van der Waals surface area (Å²) in [6.45, 7) is 2.66. The van der Waals surface area contributed by atoms with Gasteiger partial charge >= 0.3 is 0 Å². The minimum absolute atomic E-state index is 0.0230. The maximum absolute atomic E-state index is 14.9. The quantitative estimate of drug-likeness (QED) is 0.302. The van der Waals surface area contributed by atoms with Gasteiger partial charge in [-0.15, -0.1) is 0 Å². The Morgan fingerprint density at radius 3 is 2.56 bits per heavy atom. The average molecular weight is 581 g/mol. The molecule has 13 heteroatoms. The number of piperidine rings is 1. The van der Waals surface area contributed by atoms with Crippen LogP contribution in [0.5, 0.6) is 11.6 Å². The Morgan fingerprint density at radius 1 is 1.07 bits per heavy atom. The van der Waals surface area contributed by atoms with Gasteiger partial charge in [0, 0.05) is 31.5 Å². The molecule has 0 spiro atoms. The molecule has 0 bridgehead atoms. The van der Waals surface area contributed by atoms with Crippen LogP contribution in [0.25, 0.3) is 11.5 Å². The molecule has 2 aromatic carbocycles. The van der Waals surface area contributed by atoms with E-state index in [1.807, 2.05) is 24.3 Å². The van der Waals surface area contributed by atoms with Crippen LogP contribution in [0.2, 0.25) is 0 Å². The first-order valence-corrected chi connectivity index (χ1v) is 15.1. The molecule has 6 rings (SSSR count). The van der Waals surface area contributed by atoms with Gasteiger partial charge in [0.25, 0.3) is 5.89 Å². The Balaban J connectivity index is 1.07. The molecule has 0 aliphatic carbocycles. The van der Waals surface area contributed by atoms with Crippen molar-refractivity contribution in [1.82, 2.24) is 25.0 Å². The zero-order valence-electron chi connectivity index (χ0n) is 22.7. The van der Waals surface area contributed by atoms with Crippen molar-refractivity contribution in [3.05, 3.63) is 66.0 Å². The van der Waals surface area contributed by atoms with E-state index in [4.69, 9.17) is 14.0 Å². The first kappa shape index (κ1) is 27.1. The Bertz CT molecular complexity index is 1650. The molecule has 2 aromatic heterocycles. The second-order valence-corrected chi connectivity index (χ2v) is 12.1. The number of hydrogen-bond acceptors (Lipinski definition) is 11. The first-order valence-electron chi connectivity index (χ1n) is 13.3. The maximum Gasteiger partial charge on any atom is 0.257 e. The summed E-state index contributed by atoms with van der Waals surface area (Å²) in [5.74, 6) is 2.32. The van der Waals surface area contributed by atoms with Gasteiger partial charge in [-0.05, 0) is 61.7 Å².